The van der Waals surface area contributed by atoms with Crippen LogP contribution in [0.25, 0.3) is 0 Å². The van der Waals surface area contributed by atoms with Gasteiger partial charge in [-0.2, -0.15) is 0 Å². The van der Waals surface area contributed by atoms with E-state index < -0.39 is 0 Å². The smallest absolute Gasteiger partial charge is 0.358 e. The van der Waals surface area contributed by atoms with Crippen molar-refractivity contribution in [3.63, 3.8) is 0 Å². The molecule has 4 aliphatic carbocycles. The average molecular weight is 772 g/mol. The standard InChI is InChI=1S/C39H64.4CH3.Hf/c1-8-9-10-16-25-39(29-19-14-15-20-29,28-17-12-11-13-18-28)36-34-26-30(37(2,3)4)21-23-32(34)33-24-22-31(27-35(33)36)38(5,6)7;;;;;/h11-13,17-18,29-36H,8-10,14-16,19-27H2,1-7H3;4*1H3;/q;4*-1;+4/t30?,31?,32?,33?,34?,35?,36?,39-;;;;;/m1...../s1. The van der Waals surface area contributed by atoms with Crippen molar-refractivity contribution in [2.75, 3.05) is 0 Å². The van der Waals surface area contributed by atoms with Gasteiger partial charge in [-0.3, -0.25) is 0 Å². The van der Waals surface area contributed by atoms with Crippen LogP contribution in [0.4, 0.5) is 0 Å². The molecule has 4 fully saturated rings. The first-order valence-corrected chi connectivity index (χ1v) is 17.6. The number of hydrogen-bond acceptors (Lipinski definition) is 0. The molecule has 0 aliphatic heterocycles. The summed E-state index contributed by atoms with van der Waals surface area (Å²) in [4.78, 5) is 0. The predicted molar refractivity (Wildman–Crippen MR) is 196 cm³/mol. The van der Waals surface area contributed by atoms with Gasteiger partial charge in [-0.25, -0.2) is 0 Å². The molecule has 44 heavy (non-hydrogen) atoms. The molecule has 0 radical (unpaired) electrons. The second kappa shape index (κ2) is 18.0. The molecule has 1 aromatic carbocycles. The van der Waals surface area contributed by atoms with E-state index in [9.17, 15) is 0 Å². The Balaban J connectivity index is 0.00000370. The van der Waals surface area contributed by atoms with Gasteiger partial charge in [0.2, 0.25) is 0 Å². The minimum absolute atomic E-state index is 0. The molecule has 5 rings (SSSR count). The van der Waals surface area contributed by atoms with E-state index in [1.54, 1.807) is 5.56 Å². The van der Waals surface area contributed by atoms with Crippen LogP contribution in [0.3, 0.4) is 0 Å². The van der Waals surface area contributed by atoms with Gasteiger partial charge in [-0.1, -0.05) is 117 Å². The predicted octanol–water partition coefficient (Wildman–Crippen LogP) is 13.7. The Morgan fingerprint density at radius 3 is 1.48 bits per heavy atom. The van der Waals surface area contributed by atoms with E-state index in [-0.39, 0.29) is 55.5 Å². The van der Waals surface area contributed by atoms with Crippen LogP contribution in [-0.4, -0.2) is 0 Å². The van der Waals surface area contributed by atoms with Crippen LogP contribution < -0.4 is 0 Å². The Morgan fingerprint density at radius 2 is 1.05 bits per heavy atom. The van der Waals surface area contributed by atoms with Gasteiger partial charge in [0.25, 0.3) is 0 Å². The number of fused-ring (bicyclic) bond motifs is 3. The monoisotopic (exact) mass is 773 g/mol. The third-order valence-corrected chi connectivity index (χ3v) is 13.3. The number of rotatable bonds is 8. The summed E-state index contributed by atoms with van der Waals surface area (Å²) in [5.74, 6) is 7.49. The molecule has 252 valence electrons. The van der Waals surface area contributed by atoms with E-state index in [0.717, 1.165) is 47.3 Å². The Hall–Kier alpha value is 0.0901. The van der Waals surface area contributed by atoms with Gasteiger partial charge >= 0.3 is 25.8 Å². The second-order valence-corrected chi connectivity index (χ2v) is 17.1. The number of benzene rings is 1. The van der Waals surface area contributed by atoms with Crippen LogP contribution in [0.5, 0.6) is 0 Å². The molecular weight excluding hydrogens is 695 g/mol. The summed E-state index contributed by atoms with van der Waals surface area (Å²) in [6.45, 7) is 17.7. The van der Waals surface area contributed by atoms with Gasteiger partial charge in [0.05, 0.1) is 0 Å². The van der Waals surface area contributed by atoms with Gasteiger partial charge < -0.3 is 29.7 Å². The number of hydrogen-bond donors (Lipinski definition) is 0. The first kappa shape index (κ1) is 44.1. The Kier molecular flexibility index (Phi) is 18.1. The summed E-state index contributed by atoms with van der Waals surface area (Å²) in [5.41, 5.74) is 3.05. The summed E-state index contributed by atoms with van der Waals surface area (Å²) in [7, 11) is 0. The molecule has 1 heteroatoms. The molecule has 0 heterocycles. The Labute approximate surface area is 298 Å². The van der Waals surface area contributed by atoms with Crippen LogP contribution in [-0.2, 0) is 31.3 Å². The van der Waals surface area contributed by atoms with Crippen LogP contribution in [0.15, 0.2) is 30.3 Å². The molecule has 6 unspecified atom stereocenters. The molecule has 0 aromatic heterocycles. The molecule has 0 N–H and O–H groups in total. The third-order valence-electron chi connectivity index (χ3n) is 13.3. The van der Waals surface area contributed by atoms with Crippen molar-refractivity contribution >= 4 is 0 Å². The van der Waals surface area contributed by atoms with Crippen LogP contribution in [0.2, 0.25) is 0 Å². The summed E-state index contributed by atoms with van der Waals surface area (Å²) >= 11 is 0. The van der Waals surface area contributed by atoms with E-state index in [1.807, 2.05) is 0 Å². The fraction of sp³-hybridized carbons (Fsp3) is 0.767. The molecule has 0 saturated heterocycles. The van der Waals surface area contributed by atoms with E-state index in [0.29, 0.717) is 16.2 Å². The van der Waals surface area contributed by atoms with Gasteiger partial charge in [0.15, 0.2) is 0 Å². The van der Waals surface area contributed by atoms with Gasteiger partial charge in [-0.05, 0) is 122 Å². The zero-order valence-corrected chi connectivity index (χ0v) is 35.2. The SMILES string of the molecule is CCCCCC[C@@](c1ccccc1)(C1CCCC1)C1C2CC(C(C)(C)C)CCC2C2CCC(C(C)(C)C)CC21.[CH3-].[CH3-].[CH3-].[CH3-].[Hf+4]. The largest absolute Gasteiger partial charge is 4.00 e. The first-order chi connectivity index (χ1) is 18.6. The van der Waals surface area contributed by atoms with Crippen molar-refractivity contribution < 1.29 is 25.8 Å². The molecule has 7 atom stereocenters. The molecule has 0 nitrogen and oxygen atoms in total. The summed E-state index contributed by atoms with van der Waals surface area (Å²) < 4.78 is 0. The normalized spacial score (nSPS) is 31.4. The second-order valence-electron chi connectivity index (χ2n) is 17.1. The van der Waals surface area contributed by atoms with Crippen molar-refractivity contribution in [2.45, 2.75) is 150 Å². The van der Waals surface area contributed by atoms with Gasteiger partial charge in [0.1, 0.15) is 0 Å². The zero-order valence-electron chi connectivity index (χ0n) is 31.6. The Morgan fingerprint density at radius 1 is 0.568 bits per heavy atom. The fourth-order valence-corrected chi connectivity index (χ4v) is 11.3. The summed E-state index contributed by atoms with van der Waals surface area (Å²) in [5, 5.41) is 0. The maximum absolute atomic E-state index is 2.61. The molecule has 0 amide bonds. The van der Waals surface area contributed by atoms with E-state index in [1.165, 1.54) is 96.3 Å². The van der Waals surface area contributed by atoms with Gasteiger partial charge in [-0.15, -0.1) is 0 Å². The van der Waals surface area contributed by atoms with Crippen LogP contribution in [0.1, 0.15) is 150 Å². The first-order valence-electron chi connectivity index (χ1n) is 17.6. The molecule has 4 saturated carbocycles. The zero-order chi connectivity index (χ0) is 27.8. The summed E-state index contributed by atoms with van der Waals surface area (Å²) in [6, 6.07) is 12.3. The molecular formula is C43H76Hf. The average Bonchev–Trinajstić information content (AvgIpc) is 3.55. The maximum atomic E-state index is 2.61. The Bertz CT molecular complexity index is 861. The van der Waals surface area contributed by atoms with E-state index >= 15 is 0 Å². The van der Waals surface area contributed by atoms with Crippen molar-refractivity contribution in [3.8, 4) is 0 Å². The van der Waals surface area contributed by atoms with Crippen molar-refractivity contribution in [3.05, 3.63) is 65.6 Å². The molecule has 0 bridgehead atoms. The maximum Gasteiger partial charge on any atom is 4.00 e. The van der Waals surface area contributed by atoms with E-state index in [4.69, 9.17) is 0 Å². The molecule has 1 aromatic rings. The van der Waals surface area contributed by atoms with Gasteiger partial charge in [0, 0.05) is 5.41 Å². The van der Waals surface area contributed by atoms with Crippen molar-refractivity contribution in [1.29, 1.82) is 0 Å². The summed E-state index contributed by atoms with van der Waals surface area (Å²) in [6.07, 6.45) is 22.1. The third kappa shape index (κ3) is 8.76. The van der Waals surface area contributed by atoms with Crippen LogP contribution in [0, 0.1) is 87.9 Å². The quantitative estimate of drug-likeness (QED) is 0.140. The molecule has 0 spiro atoms. The number of unbranched alkanes of at least 4 members (excludes halogenated alkanes) is 3. The fourth-order valence-electron chi connectivity index (χ4n) is 11.3. The van der Waals surface area contributed by atoms with Crippen LogP contribution >= 0.6 is 0 Å². The molecule has 4 aliphatic rings. The van der Waals surface area contributed by atoms with Crippen molar-refractivity contribution in [1.82, 2.24) is 0 Å². The minimum Gasteiger partial charge on any atom is -0.358 e. The minimum atomic E-state index is 0. The van der Waals surface area contributed by atoms with E-state index in [2.05, 4.69) is 78.8 Å². The van der Waals surface area contributed by atoms with Crippen molar-refractivity contribution in [2.24, 2.45) is 58.2 Å². The topological polar surface area (TPSA) is 0 Å².